The molecule has 0 bridgehead atoms. The second kappa shape index (κ2) is 12.2. The SMILES string of the molecule is CCNC(=NCc1cccc(S(N)(=O)=O)c1)NCCc1ccc(OC)cc1Cl.I. The molecule has 0 unspecified atom stereocenters. The molecule has 0 saturated carbocycles. The van der Waals surface area contributed by atoms with Gasteiger partial charge < -0.3 is 15.4 Å². The normalized spacial score (nSPS) is 11.5. The Balaban J connectivity index is 0.00000420. The number of ether oxygens (including phenoxy) is 1. The van der Waals surface area contributed by atoms with Crippen molar-refractivity contribution in [1.82, 2.24) is 10.6 Å². The number of methoxy groups -OCH3 is 1. The lowest BCUT2D eigenvalue weighted by atomic mass is 10.1. The van der Waals surface area contributed by atoms with Crippen LogP contribution in [0, 0.1) is 0 Å². The number of nitrogens with zero attached hydrogens (tertiary/aromatic N) is 1. The number of nitrogens with two attached hydrogens (primary N) is 1. The fourth-order valence-corrected chi connectivity index (χ4v) is 3.36. The van der Waals surface area contributed by atoms with Crippen LogP contribution >= 0.6 is 35.6 Å². The maximum atomic E-state index is 11.5. The lowest BCUT2D eigenvalue weighted by Crippen LogP contribution is -2.38. The van der Waals surface area contributed by atoms with E-state index in [4.69, 9.17) is 21.5 Å². The Morgan fingerprint density at radius 1 is 1.21 bits per heavy atom. The van der Waals surface area contributed by atoms with Crippen LogP contribution in [-0.2, 0) is 23.0 Å². The molecule has 0 aliphatic rings. The molecule has 0 saturated heterocycles. The van der Waals surface area contributed by atoms with Crippen LogP contribution in [0.1, 0.15) is 18.1 Å². The van der Waals surface area contributed by atoms with Gasteiger partial charge in [0.2, 0.25) is 10.0 Å². The first-order chi connectivity index (χ1) is 13.3. The van der Waals surface area contributed by atoms with Gasteiger partial charge in [-0.15, -0.1) is 24.0 Å². The maximum absolute atomic E-state index is 11.5. The fourth-order valence-electron chi connectivity index (χ4n) is 2.51. The van der Waals surface area contributed by atoms with E-state index in [1.54, 1.807) is 25.3 Å². The van der Waals surface area contributed by atoms with Crippen LogP contribution in [0.5, 0.6) is 5.75 Å². The summed E-state index contributed by atoms with van der Waals surface area (Å²) in [4.78, 5) is 4.57. The second-order valence-corrected chi connectivity index (χ2v) is 7.99. The van der Waals surface area contributed by atoms with Crippen molar-refractivity contribution >= 4 is 51.6 Å². The van der Waals surface area contributed by atoms with Crippen molar-refractivity contribution in [1.29, 1.82) is 0 Å². The molecule has 0 aromatic heterocycles. The molecule has 0 heterocycles. The Morgan fingerprint density at radius 2 is 1.97 bits per heavy atom. The van der Waals surface area contributed by atoms with E-state index in [2.05, 4.69) is 15.6 Å². The van der Waals surface area contributed by atoms with E-state index in [1.807, 2.05) is 19.1 Å². The molecule has 0 fully saturated rings. The van der Waals surface area contributed by atoms with Gasteiger partial charge in [-0.25, -0.2) is 18.5 Å². The summed E-state index contributed by atoms with van der Waals surface area (Å²) in [6, 6.07) is 12.0. The van der Waals surface area contributed by atoms with Crippen LogP contribution in [-0.4, -0.2) is 34.6 Å². The van der Waals surface area contributed by atoms with Crippen molar-refractivity contribution in [3.05, 3.63) is 58.6 Å². The third-order valence-electron chi connectivity index (χ3n) is 3.94. The topological polar surface area (TPSA) is 106 Å². The summed E-state index contributed by atoms with van der Waals surface area (Å²) in [6.45, 7) is 3.63. The Labute approximate surface area is 194 Å². The number of primary sulfonamides is 1. The molecule has 0 atom stereocenters. The standard InChI is InChI=1S/C19H25ClN4O3S.HI/c1-3-22-19(23-10-9-15-7-8-16(27-2)12-18(15)20)24-13-14-5-4-6-17(11-14)28(21,25)26;/h4-8,11-12H,3,9-10,13H2,1-2H3,(H2,21,25,26)(H2,22,23,24);1H. The van der Waals surface area contributed by atoms with Crippen molar-refractivity contribution in [2.24, 2.45) is 10.1 Å². The van der Waals surface area contributed by atoms with Crippen LogP contribution < -0.4 is 20.5 Å². The molecule has 10 heteroatoms. The molecule has 29 heavy (non-hydrogen) atoms. The van der Waals surface area contributed by atoms with E-state index in [-0.39, 0.29) is 28.9 Å². The number of sulfonamides is 1. The van der Waals surface area contributed by atoms with Gasteiger partial charge in [0, 0.05) is 18.1 Å². The largest absolute Gasteiger partial charge is 0.497 e. The minimum Gasteiger partial charge on any atom is -0.497 e. The van der Waals surface area contributed by atoms with Gasteiger partial charge in [0.1, 0.15) is 5.75 Å². The molecule has 0 radical (unpaired) electrons. The maximum Gasteiger partial charge on any atom is 0.238 e. The summed E-state index contributed by atoms with van der Waals surface area (Å²) in [5.74, 6) is 1.35. The third kappa shape index (κ3) is 8.37. The molecule has 2 aromatic carbocycles. The molecule has 160 valence electrons. The van der Waals surface area contributed by atoms with Crippen molar-refractivity contribution in [2.75, 3.05) is 20.2 Å². The zero-order valence-electron chi connectivity index (χ0n) is 16.3. The van der Waals surface area contributed by atoms with Gasteiger partial charge >= 0.3 is 0 Å². The lowest BCUT2D eigenvalue weighted by Gasteiger charge is -2.12. The van der Waals surface area contributed by atoms with Gasteiger partial charge in [-0.1, -0.05) is 29.8 Å². The average Bonchev–Trinajstić information content (AvgIpc) is 2.66. The highest BCUT2D eigenvalue weighted by molar-refractivity contribution is 14.0. The van der Waals surface area contributed by atoms with Gasteiger partial charge in [-0.2, -0.15) is 0 Å². The van der Waals surface area contributed by atoms with Crippen LogP contribution in [0.3, 0.4) is 0 Å². The van der Waals surface area contributed by atoms with Crippen LogP contribution in [0.2, 0.25) is 5.02 Å². The fraction of sp³-hybridized carbons (Fsp3) is 0.316. The smallest absolute Gasteiger partial charge is 0.238 e. The Kier molecular flexibility index (Phi) is 10.7. The predicted octanol–water partition coefficient (Wildman–Crippen LogP) is 2.91. The van der Waals surface area contributed by atoms with Crippen molar-refractivity contribution in [2.45, 2.75) is 24.8 Å². The molecule has 4 N–H and O–H groups in total. The van der Waals surface area contributed by atoms with Crippen LogP contribution in [0.4, 0.5) is 0 Å². The van der Waals surface area contributed by atoms with E-state index in [1.165, 1.54) is 12.1 Å². The molecule has 2 rings (SSSR count). The molecule has 7 nitrogen and oxygen atoms in total. The summed E-state index contributed by atoms with van der Waals surface area (Å²) in [7, 11) is -2.13. The van der Waals surface area contributed by atoms with Crippen molar-refractivity contribution in [3.63, 3.8) is 0 Å². The highest BCUT2D eigenvalue weighted by Gasteiger charge is 2.08. The number of guanidine groups is 1. The summed E-state index contributed by atoms with van der Waals surface area (Å²) in [5, 5.41) is 12.2. The minimum atomic E-state index is -3.73. The number of aliphatic imine (C=N–C) groups is 1. The third-order valence-corrected chi connectivity index (χ3v) is 5.20. The summed E-state index contributed by atoms with van der Waals surface area (Å²) in [5.41, 5.74) is 1.76. The van der Waals surface area contributed by atoms with Gasteiger partial charge in [0.15, 0.2) is 5.96 Å². The summed E-state index contributed by atoms with van der Waals surface area (Å²) < 4.78 is 28.1. The highest BCUT2D eigenvalue weighted by Crippen LogP contribution is 2.22. The molecule has 2 aromatic rings. The Bertz CT molecular complexity index is 939. The number of nitrogens with one attached hydrogen (secondary N) is 2. The van der Waals surface area contributed by atoms with Crippen LogP contribution in [0.25, 0.3) is 0 Å². The number of hydrogen-bond donors (Lipinski definition) is 3. The highest BCUT2D eigenvalue weighted by atomic mass is 127. The number of halogens is 2. The Hall–Kier alpha value is -1.56. The predicted molar refractivity (Wildman–Crippen MR) is 128 cm³/mol. The van der Waals surface area contributed by atoms with Crippen LogP contribution in [0.15, 0.2) is 52.4 Å². The molecule has 0 amide bonds. The van der Waals surface area contributed by atoms with E-state index in [9.17, 15) is 8.42 Å². The molecule has 0 aliphatic heterocycles. The Morgan fingerprint density at radius 3 is 2.59 bits per heavy atom. The molecule has 0 spiro atoms. The monoisotopic (exact) mass is 552 g/mol. The van der Waals surface area contributed by atoms with Gasteiger partial charge in [0.25, 0.3) is 0 Å². The van der Waals surface area contributed by atoms with E-state index >= 15 is 0 Å². The zero-order chi connectivity index (χ0) is 20.6. The second-order valence-electron chi connectivity index (χ2n) is 6.02. The number of benzene rings is 2. The minimum absolute atomic E-state index is 0. The van der Waals surface area contributed by atoms with E-state index in [0.29, 0.717) is 37.0 Å². The lowest BCUT2D eigenvalue weighted by molar-refractivity contribution is 0.414. The summed E-state index contributed by atoms with van der Waals surface area (Å²) >= 11 is 6.26. The molecular weight excluding hydrogens is 527 g/mol. The van der Waals surface area contributed by atoms with Crippen molar-refractivity contribution < 1.29 is 13.2 Å². The van der Waals surface area contributed by atoms with Gasteiger partial charge in [0.05, 0.1) is 18.6 Å². The quantitative estimate of drug-likeness (QED) is 0.265. The number of rotatable bonds is 8. The zero-order valence-corrected chi connectivity index (χ0v) is 20.2. The average molecular weight is 553 g/mol. The molecule has 0 aliphatic carbocycles. The van der Waals surface area contributed by atoms with E-state index in [0.717, 1.165) is 16.9 Å². The first kappa shape index (κ1) is 25.5. The van der Waals surface area contributed by atoms with Gasteiger partial charge in [-0.3, -0.25) is 0 Å². The van der Waals surface area contributed by atoms with Gasteiger partial charge in [-0.05, 0) is 48.7 Å². The number of hydrogen-bond acceptors (Lipinski definition) is 4. The van der Waals surface area contributed by atoms with E-state index < -0.39 is 10.0 Å². The first-order valence-electron chi connectivity index (χ1n) is 8.80. The summed E-state index contributed by atoms with van der Waals surface area (Å²) in [6.07, 6.45) is 0.716. The first-order valence-corrected chi connectivity index (χ1v) is 10.7. The molecular formula is C19H26ClIN4O3S. The van der Waals surface area contributed by atoms with Crippen molar-refractivity contribution in [3.8, 4) is 5.75 Å².